The third kappa shape index (κ3) is 3.77. The Morgan fingerprint density at radius 3 is 2.67 bits per heavy atom. The van der Waals surface area contributed by atoms with Gasteiger partial charge < -0.3 is 0 Å². The van der Waals surface area contributed by atoms with Crippen molar-refractivity contribution in [3.05, 3.63) is 34.9 Å². The Labute approximate surface area is 131 Å². The van der Waals surface area contributed by atoms with Gasteiger partial charge in [0.2, 0.25) is 10.0 Å². The molecule has 1 aromatic rings. The minimum atomic E-state index is -3.03. The van der Waals surface area contributed by atoms with Crippen LogP contribution < -0.4 is 0 Å². The van der Waals surface area contributed by atoms with Gasteiger partial charge in [0.15, 0.2) is 0 Å². The van der Waals surface area contributed by atoms with Crippen LogP contribution in [-0.4, -0.2) is 49.1 Å². The summed E-state index contributed by atoms with van der Waals surface area (Å²) in [6.45, 7) is 3.82. The number of hydrogen-bond acceptors (Lipinski definition) is 3. The van der Waals surface area contributed by atoms with Gasteiger partial charge in [0.05, 0.1) is 5.25 Å². The van der Waals surface area contributed by atoms with Crippen molar-refractivity contribution in [2.24, 2.45) is 0 Å². The van der Waals surface area contributed by atoms with Crippen LogP contribution in [0.2, 0.25) is 5.02 Å². The Morgan fingerprint density at radius 1 is 1.14 bits per heavy atom. The maximum Gasteiger partial charge on any atom is 0.217 e. The van der Waals surface area contributed by atoms with E-state index in [2.05, 4.69) is 11.0 Å². The molecule has 6 heteroatoms. The van der Waals surface area contributed by atoms with Crippen LogP contribution in [0.4, 0.5) is 0 Å². The predicted octanol–water partition coefficient (Wildman–Crippen LogP) is 2.34. The number of rotatable bonds is 4. The van der Waals surface area contributed by atoms with Crippen molar-refractivity contribution in [1.29, 1.82) is 0 Å². The Morgan fingerprint density at radius 2 is 1.95 bits per heavy atom. The summed E-state index contributed by atoms with van der Waals surface area (Å²) >= 11 is 6.01. The number of halogens is 1. The van der Waals surface area contributed by atoms with Crippen molar-refractivity contribution in [3.8, 4) is 0 Å². The third-order valence-electron chi connectivity index (χ3n) is 4.15. The fourth-order valence-corrected chi connectivity index (χ4v) is 4.92. The zero-order chi connectivity index (χ0) is 14.9. The third-order valence-corrected chi connectivity index (χ3v) is 6.78. The second-order valence-electron chi connectivity index (χ2n) is 5.90. The fraction of sp³-hybridized carbons (Fsp3) is 0.600. The van der Waals surface area contributed by atoms with Crippen LogP contribution in [0, 0.1) is 0 Å². The first kappa shape index (κ1) is 15.3. The summed E-state index contributed by atoms with van der Waals surface area (Å²) in [5.41, 5.74) is 1.18. The lowest BCUT2D eigenvalue weighted by molar-refractivity contribution is 0.278. The van der Waals surface area contributed by atoms with Crippen molar-refractivity contribution >= 4 is 21.6 Å². The second kappa shape index (κ2) is 6.24. The highest BCUT2D eigenvalue weighted by atomic mass is 35.5. The van der Waals surface area contributed by atoms with E-state index in [1.54, 1.807) is 4.31 Å². The first-order valence-electron chi connectivity index (χ1n) is 7.51. The molecular weight excluding hydrogens is 308 g/mol. The van der Waals surface area contributed by atoms with Gasteiger partial charge in [-0.1, -0.05) is 23.7 Å². The number of nitrogens with zero attached hydrogens (tertiary/aromatic N) is 2. The van der Waals surface area contributed by atoms with E-state index in [1.807, 2.05) is 18.2 Å². The molecule has 1 aliphatic carbocycles. The van der Waals surface area contributed by atoms with Crippen LogP contribution in [0.25, 0.3) is 0 Å². The summed E-state index contributed by atoms with van der Waals surface area (Å²) in [5.74, 6) is 0. The van der Waals surface area contributed by atoms with Gasteiger partial charge >= 0.3 is 0 Å². The quantitative estimate of drug-likeness (QED) is 0.852. The average molecular weight is 329 g/mol. The molecule has 0 amide bonds. The topological polar surface area (TPSA) is 40.6 Å². The molecule has 0 atom stereocenters. The van der Waals surface area contributed by atoms with Gasteiger partial charge in [-0.15, -0.1) is 0 Å². The number of benzene rings is 1. The molecule has 1 saturated carbocycles. The van der Waals surface area contributed by atoms with E-state index in [-0.39, 0.29) is 5.25 Å². The SMILES string of the molecule is O=S(=O)(C1CC1)N1CCCN(Cc2cccc(Cl)c2)CC1. The van der Waals surface area contributed by atoms with Crippen molar-refractivity contribution in [1.82, 2.24) is 9.21 Å². The lowest BCUT2D eigenvalue weighted by Crippen LogP contribution is -2.37. The Hall–Kier alpha value is -0.620. The van der Waals surface area contributed by atoms with E-state index in [0.29, 0.717) is 13.1 Å². The summed E-state index contributed by atoms with van der Waals surface area (Å²) in [4.78, 5) is 2.31. The maximum absolute atomic E-state index is 12.3. The molecule has 0 spiro atoms. The molecule has 0 unspecified atom stereocenters. The molecule has 1 aliphatic heterocycles. The fourth-order valence-electron chi connectivity index (χ4n) is 2.83. The molecule has 4 nitrogen and oxygen atoms in total. The molecule has 2 fully saturated rings. The molecule has 2 aliphatic rings. The van der Waals surface area contributed by atoms with Crippen LogP contribution in [0.1, 0.15) is 24.8 Å². The molecule has 0 N–H and O–H groups in total. The Balaban J connectivity index is 1.60. The van der Waals surface area contributed by atoms with Crippen molar-refractivity contribution in [3.63, 3.8) is 0 Å². The minimum absolute atomic E-state index is 0.100. The molecular formula is C15H21ClN2O2S. The monoisotopic (exact) mass is 328 g/mol. The molecule has 1 saturated heterocycles. The second-order valence-corrected chi connectivity index (χ2v) is 8.55. The largest absolute Gasteiger partial charge is 0.298 e. The number of sulfonamides is 1. The standard InChI is InChI=1S/C15H21ClN2O2S/c16-14-4-1-3-13(11-14)12-17-7-2-8-18(10-9-17)21(19,20)15-5-6-15/h1,3-4,11,15H,2,5-10,12H2. The van der Waals surface area contributed by atoms with E-state index in [1.165, 1.54) is 5.56 Å². The molecule has 3 rings (SSSR count). The van der Waals surface area contributed by atoms with E-state index in [0.717, 1.165) is 43.9 Å². The smallest absolute Gasteiger partial charge is 0.217 e. The van der Waals surface area contributed by atoms with Gasteiger partial charge in [-0.2, -0.15) is 0 Å². The average Bonchev–Trinajstić information content (AvgIpc) is 3.26. The van der Waals surface area contributed by atoms with Crippen molar-refractivity contribution in [2.45, 2.75) is 31.1 Å². The van der Waals surface area contributed by atoms with E-state index < -0.39 is 10.0 Å². The predicted molar refractivity (Wildman–Crippen MR) is 84.9 cm³/mol. The van der Waals surface area contributed by atoms with Crippen LogP contribution in [-0.2, 0) is 16.6 Å². The molecule has 116 valence electrons. The van der Waals surface area contributed by atoms with Gasteiger partial charge in [-0.25, -0.2) is 12.7 Å². The molecule has 0 aromatic heterocycles. The summed E-state index contributed by atoms with van der Waals surface area (Å²) in [6, 6.07) is 7.87. The van der Waals surface area contributed by atoms with Gasteiger partial charge in [-0.3, -0.25) is 4.90 Å². The van der Waals surface area contributed by atoms with Crippen molar-refractivity contribution in [2.75, 3.05) is 26.2 Å². The molecule has 0 radical (unpaired) electrons. The van der Waals surface area contributed by atoms with Crippen LogP contribution in [0.5, 0.6) is 0 Å². The summed E-state index contributed by atoms with van der Waals surface area (Å²) in [7, 11) is -3.03. The minimum Gasteiger partial charge on any atom is -0.298 e. The molecule has 1 aromatic carbocycles. The summed E-state index contributed by atoms with van der Waals surface area (Å²) in [6.07, 6.45) is 2.57. The highest BCUT2D eigenvalue weighted by Gasteiger charge is 2.40. The normalized spacial score (nSPS) is 22.1. The number of hydrogen-bond donors (Lipinski definition) is 0. The van der Waals surface area contributed by atoms with E-state index in [9.17, 15) is 8.42 Å². The lowest BCUT2D eigenvalue weighted by Gasteiger charge is -2.21. The molecule has 21 heavy (non-hydrogen) atoms. The zero-order valence-electron chi connectivity index (χ0n) is 12.0. The van der Waals surface area contributed by atoms with Gasteiger partial charge in [0.25, 0.3) is 0 Å². The maximum atomic E-state index is 12.3. The van der Waals surface area contributed by atoms with Crippen LogP contribution >= 0.6 is 11.6 Å². The zero-order valence-corrected chi connectivity index (χ0v) is 13.6. The summed E-state index contributed by atoms with van der Waals surface area (Å²) in [5, 5.41) is 0.650. The molecule has 0 bridgehead atoms. The van der Waals surface area contributed by atoms with E-state index in [4.69, 9.17) is 11.6 Å². The summed E-state index contributed by atoms with van der Waals surface area (Å²) < 4.78 is 26.3. The van der Waals surface area contributed by atoms with Gasteiger partial charge in [0.1, 0.15) is 0 Å². The highest BCUT2D eigenvalue weighted by Crippen LogP contribution is 2.31. The Kier molecular flexibility index (Phi) is 4.54. The molecule has 1 heterocycles. The van der Waals surface area contributed by atoms with Crippen molar-refractivity contribution < 1.29 is 8.42 Å². The highest BCUT2D eigenvalue weighted by molar-refractivity contribution is 7.90. The first-order chi connectivity index (χ1) is 10.1. The van der Waals surface area contributed by atoms with Crippen LogP contribution in [0.15, 0.2) is 24.3 Å². The lowest BCUT2D eigenvalue weighted by atomic mass is 10.2. The van der Waals surface area contributed by atoms with E-state index >= 15 is 0 Å². The van der Waals surface area contributed by atoms with Crippen LogP contribution in [0.3, 0.4) is 0 Å². The van der Waals surface area contributed by atoms with Gasteiger partial charge in [-0.05, 0) is 43.5 Å². The first-order valence-corrected chi connectivity index (χ1v) is 9.39. The Bertz CT molecular complexity index is 601. The van der Waals surface area contributed by atoms with Gasteiger partial charge in [0, 0.05) is 31.2 Å².